The summed E-state index contributed by atoms with van der Waals surface area (Å²) >= 11 is 12.0. The van der Waals surface area contributed by atoms with Gasteiger partial charge in [0, 0.05) is 10.0 Å². The van der Waals surface area contributed by atoms with Crippen molar-refractivity contribution in [3.8, 4) is 0 Å². The predicted molar refractivity (Wildman–Crippen MR) is 77.1 cm³/mol. The highest BCUT2D eigenvalue weighted by atomic mass is 35.5. The third-order valence-electron chi connectivity index (χ3n) is 3.21. The Kier molecular flexibility index (Phi) is 3.24. The van der Waals surface area contributed by atoms with E-state index in [0.29, 0.717) is 26.7 Å². The number of rotatable bonds is 2. The number of hydrogen-bond acceptors (Lipinski definition) is 2. The van der Waals surface area contributed by atoms with Gasteiger partial charge in [-0.1, -0.05) is 35.3 Å². The summed E-state index contributed by atoms with van der Waals surface area (Å²) in [6.07, 6.45) is 0. The van der Waals surface area contributed by atoms with Crippen molar-refractivity contribution in [2.45, 2.75) is 6.54 Å². The third kappa shape index (κ3) is 2.09. The van der Waals surface area contributed by atoms with Gasteiger partial charge in [-0.2, -0.15) is 0 Å². The molecule has 100 valence electrons. The van der Waals surface area contributed by atoms with Crippen LogP contribution in [0.5, 0.6) is 0 Å². The number of amides is 2. The lowest BCUT2D eigenvalue weighted by atomic mass is 10.1. The zero-order valence-electron chi connectivity index (χ0n) is 10.3. The molecule has 0 N–H and O–H groups in total. The molecule has 3 nitrogen and oxygen atoms in total. The zero-order valence-corrected chi connectivity index (χ0v) is 11.8. The van der Waals surface area contributed by atoms with E-state index in [0.717, 1.165) is 0 Å². The predicted octanol–water partition coefficient (Wildman–Crippen LogP) is 3.79. The number of benzene rings is 2. The lowest BCUT2D eigenvalue weighted by Crippen LogP contribution is -2.29. The van der Waals surface area contributed by atoms with Gasteiger partial charge < -0.3 is 0 Å². The van der Waals surface area contributed by atoms with Gasteiger partial charge in [0.15, 0.2) is 0 Å². The summed E-state index contributed by atoms with van der Waals surface area (Å²) < 4.78 is 0. The number of imide groups is 1. The molecular formula is C15H9Cl2NO2. The first-order valence-electron chi connectivity index (χ1n) is 5.97. The highest BCUT2D eigenvalue weighted by Gasteiger charge is 2.35. The Bertz CT molecular complexity index is 693. The van der Waals surface area contributed by atoms with Crippen molar-refractivity contribution in [1.29, 1.82) is 0 Å². The fourth-order valence-corrected chi connectivity index (χ4v) is 2.59. The molecule has 0 spiro atoms. The molecule has 1 aliphatic rings. The van der Waals surface area contributed by atoms with E-state index in [9.17, 15) is 9.59 Å². The SMILES string of the molecule is O=C1c2ccccc2C(=O)N1Cc1cc(Cl)ccc1Cl. The van der Waals surface area contributed by atoms with Crippen molar-refractivity contribution in [2.24, 2.45) is 0 Å². The molecule has 0 unspecified atom stereocenters. The number of hydrogen-bond donors (Lipinski definition) is 0. The van der Waals surface area contributed by atoms with Crippen molar-refractivity contribution < 1.29 is 9.59 Å². The molecule has 2 aromatic carbocycles. The van der Waals surface area contributed by atoms with Crippen LogP contribution in [0.2, 0.25) is 10.0 Å². The van der Waals surface area contributed by atoms with Gasteiger partial charge in [0.05, 0.1) is 17.7 Å². The maximum absolute atomic E-state index is 12.2. The van der Waals surface area contributed by atoms with E-state index >= 15 is 0 Å². The van der Waals surface area contributed by atoms with Crippen LogP contribution in [0.4, 0.5) is 0 Å². The van der Waals surface area contributed by atoms with Crippen LogP contribution in [0.1, 0.15) is 26.3 Å². The van der Waals surface area contributed by atoms with Crippen molar-refractivity contribution in [3.05, 3.63) is 69.2 Å². The normalized spacial score (nSPS) is 13.8. The summed E-state index contributed by atoms with van der Waals surface area (Å²) in [6.45, 7) is 0.117. The molecule has 20 heavy (non-hydrogen) atoms. The number of carbonyl (C=O) groups excluding carboxylic acids is 2. The quantitative estimate of drug-likeness (QED) is 0.792. The Hall–Kier alpha value is -1.84. The molecule has 0 atom stereocenters. The molecule has 0 radical (unpaired) electrons. The molecule has 5 heteroatoms. The molecule has 0 aliphatic carbocycles. The van der Waals surface area contributed by atoms with Gasteiger partial charge in [0.25, 0.3) is 11.8 Å². The molecule has 3 rings (SSSR count). The highest BCUT2D eigenvalue weighted by Crippen LogP contribution is 2.27. The first-order valence-corrected chi connectivity index (χ1v) is 6.72. The maximum atomic E-state index is 12.2. The van der Waals surface area contributed by atoms with Gasteiger partial charge in [0.1, 0.15) is 0 Å². The molecule has 2 amide bonds. The molecule has 0 fully saturated rings. The van der Waals surface area contributed by atoms with E-state index < -0.39 is 0 Å². The fraction of sp³-hybridized carbons (Fsp3) is 0.0667. The van der Waals surface area contributed by atoms with E-state index in [1.54, 1.807) is 42.5 Å². The van der Waals surface area contributed by atoms with Gasteiger partial charge in [-0.3, -0.25) is 14.5 Å². The minimum atomic E-state index is -0.304. The van der Waals surface area contributed by atoms with Gasteiger partial charge in [-0.15, -0.1) is 0 Å². The van der Waals surface area contributed by atoms with Crippen LogP contribution in [0.3, 0.4) is 0 Å². The Morgan fingerprint density at radius 3 is 2.10 bits per heavy atom. The molecule has 2 aromatic rings. The lowest BCUT2D eigenvalue weighted by molar-refractivity contribution is 0.0642. The van der Waals surface area contributed by atoms with E-state index in [2.05, 4.69) is 0 Å². The van der Waals surface area contributed by atoms with E-state index in [4.69, 9.17) is 23.2 Å². The number of nitrogens with zero attached hydrogens (tertiary/aromatic N) is 1. The monoisotopic (exact) mass is 305 g/mol. The fourth-order valence-electron chi connectivity index (χ4n) is 2.22. The molecular weight excluding hydrogens is 297 g/mol. The average Bonchev–Trinajstić information content (AvgIpc) is 2.68. The standard InChI is InChI=1S/C15H9Cl2NO2/c16-10-5-6-13(17)9(7-10)8-18-14(19)11-3-1-2-4-12(11)15(18)20/h1-7H,8H2. The van der Waals surface area contributed by atoms with E-state index in [-0.39, 0.29) is 18.4 Å². The largest absolute Gasteiger partial charge is 0.270 e. The molecule has 0 aromatic heterocycles. The van der Waals surface area contributed by atoms with Crippen LogP contribution in [-0.2, 0) is 6.54 Å². The smallest absolute Gasteiger partial charge is 0.261 e. The summed E-state index contributed by atoms with van der Waals surface area (Å²) in [6, 6.07) is 11.7. The number of halogens is 2. The number of carbonyl (C=O) groups is 2. The second-order valence-electron chi connectivity index (χ2n) is 4.48. The molecule has 1 aliphatic heterocycles. The Balaban J connectivity index is 1.96. The van der Waals surface area contributed by atoms with Crippen LogP contribution in [0, 0.1) is 0 Å². The minimum absolute atomic E-state index is 0.117. The molecule has 1 heterocycles. The van der Waals surface area contributed by atoms with Crippen LogP contribution in [0.15, 0.2) is 42.5 Å². The molecule has 0 saturated carbocycles. The maximum Gasteiger partial charge on any atom is 0.261 e. The summed E-state index contributed by atoms with van der Waals surface area (Å²) in [5, 5.41) is 0.993. The van der Waals surface area contributed by atoms with Crippen molar-refractivity contribution in [1.82, 2.24) is 4.90 Å². The Labute approximate surface area is 125 Å². The van der Waals surface area contributed by atoms with Crippen LogP contribution in [0.25, 0.3) is 0 Å². The second-order valence-corrected chi connectivity index (χ2v) is 5.32. The van der Waals surface area contributed by atoms with Crippen molar-refractivity contribution in [2.75, 3.05) is 0 Å². The number of fused-ring (bicyclic) bond motifs is 1. The second kappa shape index (κ2) is 4.93. The molecule has 0 bridgehead atoms. The van der Waals surface area contributed by atoms with E-state index in [1.807, 2.05) is 0 Å². The summed E-state index contributed by atoms with van der Waals surface area (Å²) in [5.74, 6) is -0.608. The van der Waals surface area contributed by atoms with Gasteiger partial charge in [-0.05, 0) is 35.9 Å². The van der Waals surface area contributed by atoms with Crippen LogP contribution in [-0.4, -0.2) is 16.7 Å². The van der Waals surface area contributed by atoms with Crippen LogP contribution < -0.4 is 0 Å². The lowest BCUT2D eigenvalue weighted by Gasteiger charge is -2.15. The highest BCUT2D eigenvalue weighted by molar-refractivity contribution is 6.33. The van der Waals surface area contributed by atoms with Crippen LogP contribution >= 0.6 is 23.2 Å². The van der Waals surface area contributed by atoms with Crippen molar-refractivity contribution >= 4 is 35.0 Å². The van der Waals surface area contributed by atoms with Crippen molar-refractivity contribution in [3.63, 3.8) is 0 Å². The third-order valence-corrected chi connectivity index (χ3v) is 3.82. The summed E-state index contributed by atoms with van der Waals surface area (Å²) in [5.41, 5.74) is 1.50. The average molecular weight is 306 g/mol. The van der Waals surface area contributed by atoms with Gasteiger partial charge >= 0.3 is 0 Å². The first kappa shape index (κ1) is 13.2. The molecule has 0 saturated heterocycles. The minimum Gasteiger partial charge on any atom is -0.270 e. The summed E-state index contributed by atoms with van der Waals surface area (Å²) in [4.78, 5) is 25.7. The Morgan fingerprint density at radius 1 is 0.900 bits per heavy atom. The van der Waals surface area contributed by atoms with Gasteiger partial charge in [0.2, 0.25) is 0 Å². The first-order chi connectivity index (χ1) is 9.58. The summed E-state index contributed by atoms with van der Waals surface area (Å²) in [7, 11) is 0. The zero-order chi connectivity index (χ0) is 14.3. The van der Waals surface area contributed by atoms with Gasteiger partial charge in [-0.25, -0.2) is 0 Å². The Morgan fingerprint density at radius 2 is 1.50 bits per heavy atom. The van der Waals surface area contributed by atoms with E-state index in [1.165, 1.54) is 4.90 Å². The topological polar surface area (TPSA) is 37.4 Å².